The molecule has 1 saturated carbocycles. The first-order chi connectivity index (χ1) is 13.7. The minimum Gasteiger partial charge on any atom is -0.353 e. The molecule has 1 aliphatic rings. The van der Waals surface area contributed by atoms with Gasteiger partial charge in [0, 0.05) is 42.3 Å². The normalized spacial score (nSPS) is 15.9. The first-order valence-electron chi connectivity index (χ1n) is 10.2. The molecule has 29 heavy (non-hydrogen) atoms. The van der Waals surface area contributed by atoms with Crippen LogP contribution in [0.4, 0.5) is 5.82 Å². The molecule has 3 rings (SSSR count). The van der Waals surface area contributed by atoms with Gasteiger partial charge in [0.1, 0.15) is 5.82 Å². The molecule has 1 aliphatic carbocycles. The molecule has 1 fully saturated rings. The Morgan fingerprint density at radius 2 is 1.86 bits per heavy atom. The van der Waals surface area contributed by atoms with Crippen LogP contribution in [-0.2, 0) is 15.0 Å². The van der Waals surface area contributed by atoms with Crippen molar-refractivity contribution in [3.05, 3.63) is 30.2 Å². The number of nitrogens with one attached hydrogen (secondary N) is 2. The van der Waals surface area contributed by atoms with Gasteiger partial charge >= 0.3 is 0 Å². The summed E-state index contributed by atoms with van der Waals surface area (Å²) in [5.41, 5.74) is 0.630. The Morgan fingerprint density at radius 3 is 2.48 bits per heavy atom. The second-order valence-corrected chi connectivity index (χ2v) is 8.77. The summed E-state index contributed by atoms with van der Waals surface area (Å²) in [5, 5.41) is 10.5. The highest BCUT2D eigenvalue weighted by Gasteiger charge is 2.25. The van der Waals surface area contributed by atoms with Crippen LogP contribution in [0.1, 0.15) is 65.5 Å². The van der Waals surface area contributed by atoms with Gasteiger partial charge in [0.15, 0.2) is 0 Å². The zero-order valence-corrected chi connectivity index (χ0v) is 17.6. The first kappa shape index (κ1) is 21.0. The van der Waals surface area contributed by atoms with Crippen molar-refractivity contribution in [3.63, 3.8) is 0 Å². The summed E-state index contributed by atoms with van der Waals surface area (Å²) < 4.78 is 1.54. The maximum absolute atomic E-state index is 12.6. The Hall–Kier alpha value is -2.77. The standard InChI is InChI=1S/C21H30N6O2/c1-14(24-19(29)15-8-5-6-9-15)12-18(28)25-17-13-16(21(2,3)4)26-27(17)20-22-10-7-11-23-20/h7,10-11,13-15H,5-6,8-9,12H2,1-4H3,(H,24,29)(H,25,28). The zero-order valence-electron chi connectivity index (χ0n) is 17.6. The minimum atomic E-state index is -0.241. The van der Waals surface area contributed by atoms with E-state index in [2.05, 4.69) is 46.5 Å². The number of hydrogen-bond donors (Lipinski definition) is 2. The Balaban J connectivity index is 1.69. The van der Waals surface area contributed by atoms with Crippen LogP contribution < -0.4 is 10.6 Å². The number of hydrogen-bond acceptors (Lipinski definition) is 5. The molecule has 0 saturated heterocycles. The van der Waals surface area contributed by atoms with Crippen molar-refractivity contribution < 1.29 is 9.59 Å². The number of anilines is 1. The fraction of sp³-hybridized carbons (Fsp3) is 0.571. The molecule has 0 aromatic carbocycles. The fourth-order valence-electron chi connectivity index (χ4n) is 3.46. The predicted molar refractivity (Wildman–Crippen MR) is 111 cm³/mol. The lowest BCUT2D eigenvalue weighted by molar-refractivity contribution is -0.125. The van der Waals surface area contributed by atoms with Crippen LogP contribution in [0.15, 0.2) is 24.5 Å². The third-order valence-corrected chi connectivity index (χ3v) is 5.09. The molecule has 8 nitrogen and oxygen atoms in total. The van der Waals surface area contributed by atoms with E-state index in [9.17, 15) is 9.59 Å². The van der Waals surface area contributed by atoms with Gasteiger partial charge in [0.2, 0.25) is 11.8 Å². The van der Waals surface area contributed by atoms with Gasteiger partial charge in [0.05, 0.1) is 5.69 Å². The van der Waals surface area contributed by atoms with Crippen LogP contribution in [0.25, 0.3) is 5.95 Å². The van der Waals surface area contributed by atoms with E-state index in [1.165, 1.54) is 0 Å². The number of rotatable bonds is 6. The van der Waals surface area contributed by atoms with Crippen LogP contribution in [0.2, 0.25) is 0 Å². The topological polar surface area (TPSA) is 102 Å². The average Bonchev–Trinajstić information content (AvgIpc) is 3.31. The molecule has 2 heterocycles. The molecule has 0 bridgehead atoms. The molecular weight excluding hydrogens is 368 g/mol. The van der Waals surface area contributed by atoms with Gasteiger partial charge in [-0.05, 0) is 25.8 Å². The van der Waals surface area contributed by atoms with Gasteiger partial charge in [0.25, 0.3) is 5.95 Å². The zero-order chi connectivity index (χ0) is 21.0. The largest absolute Gasteiger partial charge is 0.353 e. The smallest absolute Gasteiger partial charge is 0.252 e. The van der Waals surface area contributed by atoms with Crippen molar-refractivity contribution in [1.82, 2.24) is 25.1 Å². The quantitative estimate of drug-likeness (QED) is 0.779. The Morgan fingerprint density at radius 1 is 1.21 bits per heavy atom. The highest BCUT2D eigenvalue weighted by atomic mass is 16.2. The van der Waals surface area contributed by atoms with E-state index in [0.29, 0.717) is 11.8 Å². The van der Waals surface area contributed by atoms with Crippen LogP contribution in [0.5, 0.6) is 0 Å². The lowest BCUT2D eigenvalue weighted by Crippen LogP contribution is -2.38. The third kappa shape index (κ3) is 5.40. The van der Waals surface area contributed by atoms with Gasteiger partial charge in [-0.15, -0.1) is 0 Å². The number of nitrogens with zero attached hydrogens (tertiary/aromatic N) is 4. The maximum Gasteiger partial charge on any atom is 0.252 e. The lowest BCUT2D eigenvalue weighted by atomic mass is 9.92. The molecule has 1 atom stereocenters. The second kappa shape index (κ2) is 8.71. The van der Waals surface area contributed by atoms with Crippen molar-refractivity contribution in [2.24, 2.45) is 5.92 Å². The summed E-state index contributed by atoms with van der Waals surface area (Å²) in [4.78, 5) is 33.4. The first-order valence-corrected chi connectivity index (χ1v) is 10.2. The SMILES string of the molecule is CC(CC(=O)Nc1cc(C(C)(C)C)nn1-c1ncccn1)NC(=O)C1CCCC1. The summed E-state index contributed by atoms with van der Waals surface area (Å²) in [6.45, 7) is 8.01. The van der Waals surface area contributed by atoms with Crippen molar-refractivity contribution in [2.45, 2.75) is 71.3 Å². The second-order valence-electron chi connectivity index (χ2n) is 8.77. The van der Waals surface area contributed by atoms with Gasteiger partial charge in [-0.2, -0.15) is 9.78 Å². The van der Waals surface area contributed by atoms with E-state index >= 15 is 0 Å². The summed E-state index contributed by atoms with van der Waals surface area (Å²) in [5.74, 6) is 0.857. The van der Waals surface area contributed by atoms with Crippen molar-refractivity contribution in [3.8, 4) is 5.95 Å². The number of aromatic nitrogens is 4. The predicted octanol–water partition coefficient (Wildman–Crippen LogP) is 2.98. The average molecular weight is 399 g/mol. The molecule has 2 N–H and O–H groups in total. The third-order valence-electron chi connectivity index (χ3n) is 5.09. The van der Waals surface area contributed by atoms with Crippen molar-refractivity contribution in [2.75, 3.05) is 5.32 Å². The van der Waals surface area contributed by atoms with Crippen molar-refractivity contribution >= 4 is 17.6 Å². The van der Waals surface area contributed by atoms with Gasteiger partial charge < -0.3 is 10.6 Å². The molecule has 1 unspecified atom stereocenters. The molecule has 0 aliphatic heterocycles. The Bertz CT molecular complexity index is 850. The molecule has 2 aromatic rings. The summed E-state index contributed by atoms with van der Waals surface area (Å²) >= 11 is 0. The van der Waals surface area contributed by atoms with Gasteiger partial charge in [-0.25, -0.2) is 9.97 Å². The molecule has 2 amide bonds. The van der Waals surface area contributed by atoms with E-state index in [1.54, 1.807) is 23.1 Å². The molecule has 8 heteroatoms. The van der Waals surface area contributed by atoms with Crippen molar-refractivity contribution in [1.29, 1.82) is 0 Å². The van der Waals surface area contributed by atoms with Crippen LogP contribution in [0, 0.1) is 5.92 Å². The molecule has 0 spiro atoms. The summed E-state index contributed by atoms with van der Waals surface area (Å²) in [7, 11) is 0. The minimum absolute atomic E-state index is 0.0561. The number of carbonyl (C=O) groups is 2. The highest BCUT2D eigenvalue weighted by molar-refractivity contribution is 5.91. The molecule has 0 radical (unpaired) electrons. The maximum atomic E-state index is 12.6. The number of amides is 2. The van der Waals surface area contributed by atoms with Gasteiger partial charge in [-0.1, -0.05) is 33.6 Å². The summed E-state index contributed by atoms with van der Waals surface area (Å²) in [6, 6.07) is 3.33. The van der Waals surface area contributed by atoms with E-state index in [0.717, 1.165) is 31.4 Å². The van der Waals surface area contributed by atoms with E-state index in [1.807, 2.05) is 13.0 Å². The number of carbonyl (C=O) groups excluding carboxylic acids is 2. The summed E-state index contributed by atoms with van der Waals surface area (Å²) in [6.07, 6.45) is 7.54. The van der Waals surface area contributed by atoms with Crippen LogP contribution >= 0.6 is 0 Å². The van der Waals surface area contributed by atoms with E-state index in [-0.39, 0.29) is 35.6 Å². The van der Waals surface area contributed by atoms with E-state index in [4.69, 9.17) is 0 Å². The Kier molecular flexibility index (Phi) is 6.30. The Labute approximate surface area is 171 Å². The van der Waals surface area contributed by atoms with Gasteiger partial charge in [-0.3, -0.25) is 9.59 Å². The van der Waals surface area contributed by atoms with Crippen LogP contribution in [-0.4, -0.2) is 37.6 Å². The highest BCUT2D eigenvalue weighted by Crippen LogP contribution is 2.26. The molecular formula is C21H30N6O2. The fourth-order valence-corrected chi connectivity index (χ4v) is 3.46. The molecule has 156 valence electrons. The monoisotopic (exact) mass is 398 g/mol. The molecule has 2 aromatic heterocycles. The van der Waals surface area contributed by atoms with Crippen LogP contribution in [0.3, 0.4) is 0 Å². The lowest BCUT2D eigenvalue weighted by Gasteiger charge is -2.16. The van der Waals surface area contributed by atoms with E-state index < -0.39 is 0 Å².